The van der Waals surface area contributed by atoms with Gasteiger partial charge in [-0.15, -0.1) is 10.2 Å². The van der Waals surface area contributed by atoms with Gasteiger partial charge in [-0.1, -0.05) is 127 Å². The summed E-state index contributed by atoms with van der Waals surface area (Å²) in [6.45, 7) is 6.62. The molecule has 12 aromatic rings. The summed E-state index contributed by atoms with van der Waals surface area (Å²) in [6.07, 6.45) is 7.75. The molecule has 314 valence electrons. The van der Waals surface area contributed by atoms with E-state index in [1.807, 2.05) is 36.9 Å². The monoisotopic (exact) mass is 856 g/mol. The summed E-state index contributed by atoms with van der Waals surface area (Å²) in [7, 11) is 1.74. The molecule has 0 saturated carbocycles. The van der Waals surface area contributed by atoms with Gasteiger partial charge in [-0.2, -0.15) is 0 Å². The first kappa shape index (κ1) is 37.8. The quantitative estimate of drug-likeness (QED) is 0.161. The van der Waals surface area contributed by atoms with Gasteiger partial charge < -0.3 is 4.74 Å². The van der Waals surface area contributed by atoms with Crippen molar-refractivity contribution in [1.82, 2.24) is 20.4 Å². The van der Waals surface area contributed by atoms with Gasteiger partial charge in [0.2, 0.25) is 0 Å². The first-order valence-corrected chi connectivity index (χ1v) is 22.9. The molecule has 0 amide bonds. The number of pyridine rings is 1. The number of aromatic nitrogens is 4. The molecule has 67 heavy (non-hydrogen) atoms. The Morgan fingerprint density at radius 2 is 0.836 bits per heavy atom. The average Bonchev–Trinajstić information content (AvgIpc) is 3.87. The van der Waals surface area contributed by atoms with Crippen LogP contribution >= 0.6 is 0 Å². The molecule has 0 N–H and O–H groups in total. The number of methoxy groups -OCH3 is 1. The molecule has 10 aromatic carbocycles. The van der Waals surface area contributed by atoms with Gasteiger partial charge in [-0.05, 0) is 187 Å². The third-order valence-corrected chi connectivity index (χ3v) is 14.8. The Bertz CT molecular complexity index is 4150. The van der Waals surface area contributed by atoms with Crippen LogP contribution in [0.15, 0.2) is 170 Å². The zero-order chi connectivity index (χ0) is 44.7. The largest absolute Gasteiger partial charge is 0.496 e. The van der Waals surface area contributed by atoms with Crippen LogP contribution in [0.3, 0.4) is 0 Å². The van der Waals surface area contributed by atoms with Gasteiger partial charge in [0.15, 0.2) is 0 Å². The molecule has 2 aliphatic carbocycles. The highest BCUT2D eigenvalue weighted by Crippen LogP contribution is 2.58. The molecule has 0 aliphatic heterocycles. The number of nitrogens with zero attached hydrogens (tertiary/aromatic N) is 4. The van der Waals surface area contributed by atoms with Gasteiger partial charge in [0, 0.05) is 29.1 Å². The SMILES string of the molecule is COc1ccccc1-c1ccc2c3c(cccc13)-c1cc3c(ccc4c5cc6c(c(-c7c(C)cncc7C)c5ccc34)-c3ccc(-c4ccccc4C)c4cccc-6c34)c(-c3cnnnc3)c1-2. The second kappa shape index (κ2) is 14.0. The maximum atomic E-state index is 5.89. The van der Waals surface area contributed by atoms with E-state index in [0.29, 0.717) is 0 Å². The molecule has 0 saturated heterocycles. The van der Waals surface area contributed by atoms with Crippen molar-refractivity contribution in [2.45, 2.75) is 20.8 Å². The molecule has 5 heteroatoms. The number of benzene rings is 10. The maximum Gasteiger partial charge on any atom is 0.126 e. The predicted molar refractivity (Wildman–Crippen MR) is 277 cm³/mol. The second-order valence-corrected chi connectivity index (χ2v) is 18.2. The number of para-hydroxylation sites is 1. The van der Waals surface area contributed by atoms with Crippen LogP contribution in [0.5, 0.6) is 5.75 Å². The van der Waals surface area contributed by atoms with E-state index in [-0.39, 0.29) is 0 Å². The molecule has 2 aromatic heterocycles. The predicted octanol–water partition coefficient (Wildman–Crippen LogP) is 15.9. The topological polar surface area (TPSA) is 60.8 Å². The van der Waals surface area contributed by atoms with Crippen molar-refractivity contribution in [2.75, 3.05) is 7.11 Å². The Kier molecular flexibility index (Phi) is 7.89. The fraction of sp³-hybridized carbons (Fsp3) is 0.0645. The van der Waals surface area contributed by atoms with E-state index in [2.05, 4.69) is 175 Å². The summed E-state index contributed by atoms with van der Waals surface area (Å²) in [5.74, 6) is 0.855. The van der Waals surface area contributed by atoms with E-state index in [0.717, 1.165) is 33.4 Å². The number of hydrogen-bond donors (Lipinski definition) is 0. The van der Waals surface area contributed by atoms with Crippen molar-refractivity contribution in [3.63, 3.8) is 0 Å². The van der Waals surface area contributed by atoms with E-state index in [9.17, 15) is 0 Å². The first-order valence-electron chi connectivity index (χ1n) is 22.9. The van der Waals surface area contributed by atoms with Crippen LogP contribution in [-0.2, 0) is 0 Å². The minimum absolute atomic E-state index is 0.855. The second-order valence-electron chi connectivity index (χ2n) is 18.2. The van der Waals surface area contributed by atoms with Crippen molar-refractivity contribution in [3.8, 4) is 94.8 Å². The molecule has 0 spiro atoms. The van der Waals surface area contributed by atoms with E-state index >= 15 is 0 Å². The molecule has 2 heterocycles. The molecule has 0 atom stereocenters. The number of hydrogen-bond acceptors (Lipinski definition) is 5. The van der Waals surface area contributed by atoms with E-state index in [1.165, 1.54) is 132 Å². The molecule has 0 unspecified atom stereocenters. The highest BCUT2D eigenvalue weighted by molar-refractivity contribution is 6.31. The van der Waals surface area contributed by atoms with E-state index in [1.54, 1.807) is 7.11 Å². The number of aryl methyl sites for hydroxylation is 3. The molecular formula is C62H40N4O. The van der Waals surface area contributed by atoms with Crippen LogP contribution < -0.4 is 4.74 Å². The zero-order valence-electron chi connectivity index (χ0n) is 37.4. The summed E-state index contributed by atoms with van der Waals surface area (Å²) in [4.78, 5) is 4.66. The van der Waals surface area contributed by atoms with Gasteiger partial charge in [-0.3, -0.25) is 4.98 Å². The highest BCUT2D eigenvalue weighted by atomic mass is 16.5. The van der Waals surface area contributed by atoms with E-state index in [4.69, 9.17) is 4.74 Å². The van der Waals surface area contributed by atoms with Gasteiger partial charge in [0.05, 0.1) is 19.5 Å². The summed E-state index contributed by atoms with van der Waals surface area (Å²) >= 11 is 0. The normalized spacial score (nSPS) is 12.2. The lowest BCUT2D eigenvalue weighted by atomic mass is 9.83. The van der Waals surface area contributed by atoms with Crippen molar-refractivity contribution in [2.24, 2.45) is 0 Å². The summed E-state index contributed by atoms with van der Waals surface area (Å²) in [6, 6.07) is 54.2. The fourth-order valence-corrected chi connectivity index (χ4v) is 12.1. The van der Waals surface area contributed by atoms with Crippen LogP contribution in [0, 0.1) is 20.8 Å². The lowest BCUT2D eigenvalue weighted by molar-refractivity contribution is 0.416. The van der Waals surface area contributed by atoms with Crippen LogP contribution in [0.2, 0.25) is 0 Å². The Hall–Kier alpha value is -8.54. The van der Waals surface area contributed by atoms with Gasteiger partial charge in [0.25, 0.3) is 0 Å². The molecular weight excluding hydrogens is 817 g/mol. The Labute approximate surface area is 387 Å². The molecule has 14 rings (SSSR count). The summed E-state index contributed by atoms with van der Waals surface area (Å²) in [5, 5.41) is 24.9. The van der Waals surface area contributed by atoms with E-state index < -0.39 is 0 Å². The highest BCUT2D eigenvalue weighted by Gasteiger charge is 2.32. The van der Waals surface area contributed by atoms with Gasteiger partial charge in [0.1, 0.15) is 5.75 Å². The summed E-state index contributed by atoms with van der Waals surface area (Å²) < 4.78 is 5.89. The first-order chi connectivity index (χ1) is 33.0. The van der Waals surface area contributed by atoms with Crippen LogP contribution in [-0.4, -0.2) is 27.5 Å². The average molecular weight is 857 g/mol. The number of ether oxygens (including phenoxy) is 1. The minimum Gasteiger partial charge on any atom is -0.496 e. The van der Waals surface area contributed by atoms with Crippen molar-refractivity contribution in [1.29, 1.82) is 0 Å². The Balaban J connectivity index is 1.08. The lowest BCUT2D eigenvalue weighted by Crippen LogP contribution is -1.96. The number of rotatable bonds is 5. The third-order valence-electron chi connectivity index (χ3n) is 14.8. The van der Waals surface area contributed by atoms with Crippen molar-refractivity contribution < 1.29 is 4.74 Å². The zero-order valence-corrected chi connectivity index (χ0v) is 37.4. The molecule has 0 bridgehead atoms. The number of fused-ring (bicyclic) bond motifs is 11. The Morgan fingerprint density at radius 1 is 0.328 bits per heavy atom. The van der Waals surface area contributed by atoms with Crippen molar-refractivity contribution >= 4 is 53.9 Å². The minimum atomic E-state index is 0.855. The fourth-order valence-electron chi connectivity index (χ4n) is 12.1. The standard InChI is InChI=1S/C62H40N4O/c1-33-11-5-6-12-37(33)38-21-25-50-58-43(38)14-9-17-46(58)54-28-52-40-19-23-47-51(39(40)20-24-48(52)62(61(50)54)56-34(2)29-63-30-35(56)3)27-53-45-16-10-15-44-41(42-13-7-8-18-55(42)67-4)22-26-49(59(44)45)60(53)57(47)36-31-64-66-65-32-36/h5-32H,1-4H3. The molecule has 5 nitrogen and oxygen atoms in total. The maximum absolute atomic E-state index is 5.89. The van der Waals surface area contributed by atoms with Crippen LogP contribution in [0.1, 0.15) is 16.7 Å². The smallest absolute Gasteiger partial charge is 0.126 e. The molecule has 2 aliphatic rings. The van der Waals surface area contributed by atoms with Crippen molar-refractivity contribution in [3.05, 3.63) is 187 Å². The van der Waals surface area contributed by atoms with Gasteiger partial charge in [-0.25, -0.2) is 0 Å². The lowest BCUT2D eigenvalue weighted by Gasteiger charge is -2.20. The Morgan fingerprint density at radius 3 is 1.45 bits per heavy atom. The molecule has 0 fully saturated rings. The van der Waals surface area contributed by atoms with Crippen LogP contribution in [0.4, 0.5) is 0 Å². The van der Waals surface area contributed by atoms with Gasteiger partial charge >= 0.3 is 0 Å². The molecule has 0 radical (unpaired) electrons. The van der Waals surface area contributed by atoms with Crippen LogP contribution in [0.25, 0.3) is 143 Å². The summed E-state index contributed by atoms with van der Waals surface area (Å²) in [5.41, 5.74) is 22.9. The third kappa shape index (κ3) is 5.14.